The van der Waals surface area contributed by atoms with Crippen molar-refractivity contribution in [1.82, 2.24) is 10.3 Å². The lowest BCUT2D eigenvalue weighted by Gasteiger charge is -2.32. The summed E-state index contributed by atoms with van der Waals surface area (Å²) in [4.78, 5) is 32.9. The standard InChI is InChI=1S/C25H27N3O3/c1-17-14-18(2)16-21(15-17)28(25(30)22-8-5-13-31-22)23(19-9-11-26-12-10-19)24(29)27-20-6-3-4-7-20/h5,8-16,20,23H,3-4,6-7H2,1-2H3,(H,27,29)/t23-/m1/s1. The lowest BCUT2D eigenvalue weighted by Crippen LogP contribution is -2.46. The maximum atomic E-state index is 13.6. The highest BCUT2D eigenvalue weighted by atomic mass is 16.3. The van der Waals surface area contributed by atoms with Gasteiger partial charge in [-0.05, 0) is 79.8 Å². The van der Waals surface area contributed by atoms with Gasteiger partial charge in [-0.2, -0.15) is 0 Å². The van der Waals surface area contributed by atoms with Gasteiger partial charge in [0.05, 0.1) is 6.26 Å². The third-order valence-electron chi connectivity index (χ3n) is 5.67. The second-order valence-corrected chi connectivity index (χ2v) is 8.17. The number of hydrogen-bond acceptors (Lipinski definition) is 4. The van der Waals surface area contributed by atoms with Crippen LogP contribution in [-0.2, 0) is 4.79 Å². The van der Waals surface area contributed by atoms with Gasteiger partial charge in [-0.15, -0.1) is 0 Å². The molecule has 0 spiro atoms. The van der Waals surface area contributed by atoms with E-state index >= 15 is 0 Å². The fourth-order valence-corrected chi connectivity index (χ4v) is 4.31. The molecule has 2 heterocycles. The van der Waals surface area contributed by atoms with E-state index in [2.05, 4.69) is 10.3 Å². The average molecular weight is 418 g/mol. The smallest absolute Gasteiger partial charge is 0.294 e. The summed E-state index contributed by atoms with van der Waals surface area (Å²) in [5, 5.41) is 3.17. The van der Waals surface area contributed by atoms with Crippen LogP contribution < -0.4 is 10.2 Å². The molecule has 2 aromatic heterocycles. The molecule has 0 radical (unpaired) electrons. The first-order valence-electron chi connectivity index (χ1n) is 10.7. The zero-order chi connectivity index (χ0) is 21.8. The van der Waals surface area contributed by atoms with Crippen molar-refractivity contribution >= 4 is 17.5 Å². The molecule has 160 valence electrons. The lowest BCUT2D eigenvalue weighted by molar-refractivity contribution is -0.123. The van der Waals surface area contributed by atoms with E-state index in [9.17, 15) is 9.59 Å². The molecule has 0 aliphatic heterocycles. The number of aromatic nitrogens is 1. The normalized spacial score (nSPS) is 14.9. The second-order valence-electron chi connectivity index (χ2n) is 8.17. The number of nitrogens with zero attached hydrogens (tertiary/aromatic N) is 2. The van der Waals surface area contributed by atoms with E-state index < -0.39 is 6.04 Å². The molecule has 0 saturated heterocycles. The molecule has 1 N–H and O–H groups in total. The minimum Gasteiger partial charge on any atom is -0.459 e. The SMILES string of the molecule is Cc1cc(C)cc(N(C(=O)c2ccco2)[C@@H](C(=O)NC2CCCC2)c2ccncc2)c1. The summed E-state index contributed by atoms with van der Waals surface area (Å²) in [6.45, 7) is 3.96. The van der Waals surface area contributed by atoms with Crippen molar-refractivity contribution < 1.29 is 14.0 Å². The number of hydrogen-bond donors (Lipinski definition) is 1. The average Bonchev–Trinajstić information content (AvgIpc) is 3.45. The number of amides is 2. The molecule has 31 heavy (non-hydrogen) atoms. The van der Waals surface area contributed by atoms with E-state index in [4.69, 9.17) is 4.42 Å². The zero-order valence-corrected chi connectivity index (χ0v) is 17.9. The maximum absolute atomic E-state index is 13.6. The highest BCUT2D eigenvalue weighted by Gasteiger charge is 2.35. The van der Waals surface area contributed by atoms with Gasteiger partial charge in [-0.25, -0.2) is 0 Å². The second kappa shape index (κ2) is 9.16. The molecule has 6 nitrogen and oxygen atoms in total. The van der Waals surface area contributed by atoms with Crippen LogP contribution in [0.1, 0.15) is 59.0 Å². The molecule has 4 rings (SSSR count). The van der Waals surface area contributed by atoms with E-state index in [1.54, 1.807) is 41.6 Å². The van der Waals surface area contributed by atoms with E-state index in [1.165, 1.54) is 6.26 Å². The molecule has 1 aliphatic rings. The first-order chi connectivity index (χ1) is 15.0. The summed E-state index contributed by atoms with van der Waals surface area (Å²) >= 11 is 0. The summed E-state index contributed by atoms with van der Waals surface area (Å²) in [6, 6.07) is 12.0. The molecule has 2 amide bonds. The lowest BCUT2D eigenvalue weighted by atomic mass is 10.0. The van der Waals surface area contributed by atoms with Gasteiger partial charge in [-0.1, -0.05) is 18.9 Å². The Morgan fingerprint density at radius 3 is 2.35 bits per heavy atom. The van der Waals surface area contributed by atoms with Crippen LogP contribution in [0.2, 0.25) is 0 Å². The number of rotatable bonds is 6. The Hall–Kier alpha value is -3.41. The van der Waals surface area contributed by atoms with E-state index in [-0.39, 0.29) is 23.6 Å². The number of anilines is 1. The number of carbonyl (C=O) groups excluding carboxylic acids is 2. The first-order valence-corrected chi connectivity index (χ1v) is 10.7. The topological polar surface area (TPSA) is 75.4 Å². The van der Waals surface area contributed by atoms with Crippen LogP contribution in [0, 0.1) is 13.8 Å². The molecular weight excluding hydrogens is 390 g/mol. The van der Waals surface area contributed by atoms with Crippen LogP contribution in [-0.4, -0.2) is 22.8 Å². The minimum atomic E-state index is -0.845. The first kappa shape index (κ1) is 20.8. The molecule has 3 aromatic rings. The van der Waals surface area contributed by atoms with Crippen molar-refractivity contribution in [3.8, 4) is 0 Å². The van der Waals surface area contributed by atoms with Crippen molar-refractivity contribution in [3.63, 3.8) is 0 Å². The van der Waals surface area contributed by atoms with Gasteiger partial charge in [0.15, 0.2) is 5.76 Å². The summed E-state index contributed by atoms with van der Waals surface area (Å²) in [5.41, 5.74) is 3.38. The highest BCUT2D eigenvalue weighted by molar-refractivity contribution is 6.08. The fourth-order valence-electron chi connectivity index (χ4n) is 4.31. The maximum Gasteiger partial charge on any atom is 0.294 e. The quantitative estimate of drug-likeness (QED) is 0.629. The fraction of sp³-hybridized carbons (Fsp3) is 0.320. The van der Waals surface area contributed by atoms with Gasteiger partial charge in [0.1, 0.15) is 6.04 Å². The van der Waals surface area contributed by atoms with Gasteiger partial charge < -0.3 is 9.73 Å². The predicted octanol–water partition coefficient (Wildman–Crippen LogP) is 4.74. The summed E-state index contributed by atoms with van der Waals surface area (Å²) < 4.78 is 5.42. The molecule has 1 atom stereocenters. The predicted molar refractivity (Wildman–Crippen MR) is 119 cm³/mol. The number of furan rings is 1. The third-order valence-corrected chi connectivity index (χ3v) is 5.67. The molecule has 6 heteroatoms. The van der Waals surface area contributed by atoms with Crippen LogP contribution in [0.25, 0.3) is 0 Å². The molecule has 0 bridgehead atoms. The van der Waals surface area contributed by atoms with Crippen molar-refractivity contribution in [2.75, 3.05) is 4.90 Å². The Bertz CT molecular complexity index is 1020. The Balaban J connectivity index is 1.82. The Labute approximate surface area is 182 Å². The van der Waals surface area contributed by atoms with Crippen LogP contribution in [0.3, 0.4) is 0 Å². The number of nitrogens with one attached hydrogen (secondary N) is 1. The minimum absolute atomic E-state index is 0.136. The molecule has 1 saturated carbocycles. The Morgan fingerprint density at radius 2 is 1.74 bits per heavy atom. The van der Waals surface area contributed by atoms with Gasteiger partial charge in [-0.3, -0.25) is 19.5 Å². The Morgan fingerprint density at radius 1 is 1.06 bits per heavy atom. The highest BCUT2D eigenvalue weighted by Crippen LogP contribution is 2.32. The van der Waals surface area contributed by atoms with Crippen molar-refractivity contribution in [2.24, 2.45) is 0 Å². The van der Waals surface area contributed by atoms with Crippen LogP contribution in [0.15, 0.2) is 65.5 Å². The summed E-state index contributed by atoms with van der Waals surface area (Å²) in [5.74, 6) is -0.373. The van der Waals surface area contributed by atoms with Crippen LogP contribution in [0.4, 0.5) is 5.69 Å². The van der Waals surface area contributed by atoms with E-state index in [1.807, 2.05) is 32.0 Å². The molecular formula is C25H27N3O3. The van der Waals surface area contributed by atoms with Crippen molar-refractivity contribution in [3.05, 3.63) is 83.6 Å². The summed E-state index contributed by atoms with van der Waals surface area (Å²) in [7, 11) is 0. The summed E-state index contributed by atoms with van der Waals surface area (Å²) in [6.07, 6.45) is 8.89. The third kappa shape index (κ3) is 4.68. The van der Waals surface area contributed by atoms with Crippen LogP contribution >= 0.6 is 0 Å². The molecule has 0 unspecified atom stereocenters. The van der Waals surface area contributed by atoms with Gasteiger partial charge in [0.2, 0.25) is 5.91 Å². The van der Waals surface area contributed by atoms with Crippen molar-refractivity contribution in [1.29, 1.82) is 0 Å². The number of aryl methyl sites for hydroxylation is 2. The molecule has 1 fully saturated rings. The van der Waals surface area contributed by atoms with Crippen molar-refractivity contribution in [2.45, 2.75) is 51.6 Å². The van der Waals surface area contributed by atoms with E-state index in [0.717, 1.165) is 36.8 Å². The van der Waals surface area contributed by atoms with Gasteiger partial charge in [0.25, 0.3) is 5.91 Å². The largest absolute Gasteiger partial charge is 0.459 e. The van der Waals surface area contributed by atoms with Gasteiger partial charge in [0, 0.05) is 24.1 Å². The Kier molecular flexibility index (Phi) is 6.16. The van der Waals surface area contributed by atoms with E-state index in [0.29, 0.717) is 11.3 Å². The number of carbonyl (C=O) groups is 2. The number of pyridine rings is 1. The molecule has 1 aliphatic carbocycles. The zero-order valence-electron chi connectivity index (χ0n) is 17.9. The monoisotopic (exact) mass is 417 g/mol. The van der Waals surface area contributed by atoms with Gasteiger partial charge >= 0.3 is 0 Å². The van der Waals surface area contributed by atoms with Crippen LogP contribution in [0.5, 0.6) is 0 Å². The number of benzene rings is 1. The molecule has 1 aromatic carbocycles.